The quantitative estimate of drug-likeness (QED) is 0.0484. The highest BCUT2D eigenvalue weighted by atomic mass is 35.5. The Morgan fingerprint density at radius 3 is 1.15 bits per heavy atom. The number of nitrogens with zero attached hydrogens (tertiary/aromatic N) is 4. The van der Waals surface area contributed by atoms with E-state index in [1.807, 2.05) is 0 Å². The number of azo groups is 2. The number of Topliss-reactive ketones (excluding diaryl/α,β-unsaturated/α-hetero) is 2. The molecule has 24 heteroatoms. The molecule has 14 nitrogen and oxygen atoms in total. The van der Waals surface area contributed by atoms with Crippen LogP contribution >= 0.6 is 46.4 Å². The molecule has 0 radical (unpaired) electrons. The molecule has 2 atom stereocenters. The lowest BCUT2D eigenvalue weighted by Crippen LogP contribution is -2.32. The van der Waals surface area contributed by atoms with E-state index >= 15 is 0 Å². The number of benzene rings is 5. The molecule has 0 fully saturated rings. The van der Waals surface area contributed by atoms with E-state index in [9.17, 15) is 55.1 Å². The number of amides is 4. The van der Waals surface area contributed by atoms with Crippen LogP contribution in [-0.2, 0) is 31.5 Å². The van der Waals surface area contributed by atoms with Gasteiger partial charge in [-0.15, -0.1) is 0 Å². The molecule has 0 aliphatic heterocycles. The summed E-state index contributed by atoms with van der Waals surface area (Å²) >= 11 is 24.3. The number of nitrogens with one attached hydrogen (secondary N) is 4. The third-order valence-electron chi connectivity index (χ3n) is 9.31. The highest BCUT2D eigenvalue weighted by molar-refractivity contribution is 6.35. The van der Waals surface area contributed by atoms with Gasteiger partial charge in [-0.25, -0.2) is 0 Å². The Labute approximate surface area is 401 Å². The van der Waals surface area contributed by atoms with E-state index in [1.54, 1.807) is 13.8 Å². The van der Waals surface area contributed by atoms with Crippen LogP contribution in [0.3, 0.4) is 0 Å². The molecule has 0 aliphatic carbocycles. The summed E-state index contributed by atoms with van der Waals surface area (Å²) in [4.78, 5) is 77.9. The fourth-order valence-corrected chi connectivity index (χ4v) is 6.79. The molecule has 0 aromatic heterocycles. The Morgan fingerprint density at radius 2 is 0.838 bits per heavy atom. The number of carbonyl (C=O) groups excluding carboxylic acids is 6. The van der Waals surface area contributed by atoms with Crippen LogP contribution in [0.25, 0.3) is 0 Å². The highest BCUT2D eigenvalue weighted by Crippen LogP contribution is 2.36. The van der Waals surface area contributed by atoms with Crippen LogP contribution in [-0.4, -0.2) is 47.3 Å². The van der Waals surface area contributed by atoms with Gasteiger partial charge in [-0.05, 0) is 124 Å². The van der Waals surface area contributed by atoms with E-state index in [0.717, 1.165) is 38.1 Å². The molecule has 0 heterocycles. The molecule has 5 aromatic rings. The standard InChI is InChI=1S/C44H32Cl4F6N8O6/c1-19-9-36(58-42(68)38(22(4)64)62-60-30-14-24(12-28(46)18-30)40(66)56-34-8-6-26(16-32(34)48)44(52,53)54)20(2)10-35(19)57-41(67)37(21(3)63)61-59-29-13-23(11-27(45)17-29)39(65)55-33-7-5-25(15-31(33)47)43(49,50)51/h5-18,37-38H,1-4H3,(H,55,65)(H,56,66)(H,57,67)(H,58,68). The first-order valence-corrected chi connectivity index (χ1v) is 20.7. The van der Waals surface area contributed by atoms with Gasteiger partial charge >= 0.3 is 12.4 Å². The molecule has 4 N–H and O–H groups in total. The SMILES string of the molecule is CC(=O)C(N=Nc1cc(Cl)cc(C(=O)Nc2ccc(C(F)(F)F)cc2Cl)c1)C(=O)Nc1cc(C)c(NC(=O)C(N=Nc2cc(Cl)cc(C(=O)Nc3ccc(C(F)(F)F)cc3Cl)c2)C(C)=O)cc1C. The molecule has 4 amide bonds. The minimum Gasteiger partial charge on any atom is -0.324 e. The number of halogens is 10. The zero-order valence-corrected chi connectivity index (χ0v) is 38.3. The summed E-state index contributed by atoms with van der Waals surface area (Å²) < 4.78 is 78.3. The van der Waals surface area contributed by atoms with Gasteiger partial charge in [-0.1, -0.05) is 46.4 Å². The maximum absolute atomic E-state index is 13.4. The number of hydrogen-bond acceptors (Lipinski definition) is 10. The number of hydrogen-bond donors (Lipinski definition) is 4. The summed E-state index contributed by atoms with van der Waals surface area (Å²) in [5, 5.41) is 24.7. The molecule has 5 rings (SSSR count). The third-order valence-corrected chi connectivity index (χ3v) is 10.4. The molecular formula is C44H32Cl4F6N8O6. The van der Waals surface area contributed by atoms with Crippen LogP contribution in [0.1, 0.15) is 56.8 Å². The smallest absolute Gasteiger partial charge is 0.324 e. The summed E-state index contributed by atoms with van der Waals surface area (Å²) in [5.41, 5.74) is -1.54. The number of carbonyl (C=O) groups is 6. The minimum atomic E-state index is -4.66. The van der Waals surface area contributed by atoms with Crippen LogP contribution in [0.2, 0.25) is 20.1 Å². The van der Waals surface area contributed by atoms with Gasteiger partial charge in [0.15, 0.2) is 11.6 Å². The number of alkyl halides is 6. The zero-order valence-electron chi connectivity index (χ0n) is 35.3. The Bertz CT molecular complexity index is 2740. The van der Waals surface area contributed by atoms with E-state index in [4.69, 9.17) is 46.4 Å². The van der Waals surface area contributed by atoms with Crippen LogP contribution in [0, 0.1) is 13.8 Å². The van der Waals surface area contributed by atoms with Gasteiger partial charge < -0.3 is 21.3 Å². The number of rotatable bonds is 14. The molecule has 354 valence electrons. The van der Waals surface area contributed by atoms with Crippen molar-refractivity contribution in [3.8, 4) is 0 Å². The molecule has 2 unspecified atom stereocenters. The van der Waals surface area contributed by atoms with Crippen LogP contribution in [0.4, 0.5) is 60.5 Å². The molecule has 0 saturated heterocycles. The van der Waals surface area contributed by atoms with E-state index in [-0.39, 0.29) is 65.3 Å². The second-order valence-electron chi connectivity index (χ2n) is 14.6. The van der Waals surface area contributed by atoms with Crippen LogP contribution < -0.4 is 21.3 Å². The van der Waals surface area contributed by atoms with Gasteiger partial charge in [-0.2, -0.15) is 46.8 Å². The largest absolute Gasteiger partial charge is 0.416 e. The van der Waals surface area contributed by atoms with E-state index in [2.05, 4.69) is 41.7 Å². The topological polar surface area (TPSA) is 200 Å². The highest BCUT2D eigenvalue weighted by Gasteiger charge is 2.32. The van der Waals surface area contributed by atoms with Gasteiger partial charge in [-0.3, -0.25) is 28.8 Å². The maximum atomic E-state index is 13.4. The van der Waals surface area contributed by atoms with Crippen molar-refractivity contribution >= 4 is 116 Å². The fourth-order valence-electron chi connectivity index (χ4n) is 5.87. The lowest BCUT2D eigenvalue weighted by atomic mass is 10.1. The summed E-state index contributed by atoms with van der Waals surface area (Å²) in [7, 11) is 0. The van der Waals surface area contributed by atoms with Crippen molar-refractivity contribution in [2.24, 2.45) is 20.5 Å². The summed E-state index contributed by atoms with van der Waals surface area (Å²) in [6.07, 6.45) is -9.33. The first-order valence-electron chi connectivity index (χ1n) is 19.2. The summed E-state index contributed by atoms with van der Waals surface area (Å²) in [6, 6.07) is 11.6. The van der Waals surface area contributed by atoms with E-state index in [0.29, 0.717) is 23.3 Å². The molecular weight excluding hydrogens is 992 g/mol. The van der Waals surface area contributed by atoms with Crippen molar-refractivity contribution in [1.82, 2.24) is 0 Å². The molecule has 0 spiro atoms. The van der Waals surface area contributed by atoms with Crippen molar-refractivity contribution in [2.45, 2.75) is 52.1 Å². The predicted molar refractivity (Wildman–Crippen MR) is 243 cm³/mol. The lowest BCUT2D eigenvalue weighted by molar-refractivity contribution is -0.138. The van der Waals surface area contributed by atoms with Crippen molar-refractivity contribution in [2.75, 3.05) is 21.3 Å². The third kappa shape index (κ3) is 13.7. The van der Waals surface area contributed by atoms with Gasteiger partial charge in [0, 0.05) is 32.5 Å². The normalized spacial score (nSPS) is 12.7. The molecule has 68 heavy (non-hydrogen) atoms. The molecule has 0 saturated carbocycles. The minimum absolute atomic E-state index is 0.0170. The second-order valence-corrected chi connectivity index (χ2v) is 16.3. The Kier molecular flexibility index (Phi) is 16.5. The lowest BCUT2D eigenvalue weighted by Gasteiger charge is -2.16. The number of aryl methyl sites for hydroxylation is 2. The van der Waals surface area contributed by atoms with Gasteiger partial charge in [0.05, 0.1) is 43.9 Å². The molecule has 0 aliphatic rings. The zero-order chi connectivity index (χ0) is 50.4. The Morgan fingerprint density at radius 1 is 0.485 bits per heavy atom. The number of anilines is 4. The average molecular weight is 1020 g/mol. The second kappa shape index (κ2) is 21.5. The average Bonchev–Trinajstić information content (AvgIpc) is 3.22. The summed E-state index contributed by atoms with van der Waals surface area (Å²) in [5.74, 6) is -4.95. The van der Waals surface area contributed by atoms with Gasteiger partial charge in [0.1, 0.15) is 0 Å². The first kappa shape index (κ1) is 52.2. The fraction of sp³-hybridized carbons (Fsp3) is 0.182. The Balaban J connectivity index is 1.26. The van der Waals surface area contributed by atoms with Crippen LogP contribution in [0.5, 0.6) is 0 Å². The van der Waals surface area contributed by atoms with Gasteiger partial charge in [0.25, 0.3) is 23.6 Å². The summed E-state index contributed by atoms with van der Waals surface area (Å²) in [6.45, 7) is 5.29. The maximum Gasteiger partial charge on any atom is 0.416 e. The predicted octanol–water partition coefficient (Wildman–Crippen LogP) is 12.8. The Hall–Kier alpha value is -6.74. The van der Waals surface area contributed by atoms with Gasteiger partial charge in [0.2, 0.25) is 12.1 Å². The van der Waals surface area contributed by atoms with E-state index < -0.39 is 70.8 Å². The molecule has 0 bridgehead atoms. The monoisotopic (exact) mass is 1020 g/mol. The first-order chi connectivity index (χ1) is 31.7. The van der Waals surface area contributed by atoms with Crippen molar-refractivity contribution in [1.29, 1.82) is 0 Å². The van der Waals surface area contributed by atoms with Crippen molar-refractivity contribution in [3.63, 3.8) is 0 Å². The van der Waals surface area contributed by atoms with Crippen LogP contribution in [0.15, 0.2) is 105 Å². The van der Waals surface area contributed by atoms with E-state index in [1.165, 1.54) is 48.5 Å². The van der Waals surface area contributed by atoms with Crippen molar-refractivity contribution in [3.05, 3.63) is 138 Å². The number of ketones is 2. The molecule has 5 aromatic carbocycles. The van der Waals surface area contributed by atoms with Crippen molar-refractivity contribution < 1.29 is 55.1 Å².